The van der Waals surface area contributed by atoms with Crippen LogP contribution in [0.1, 0.15) is 11.1 Å². The van der Waals surface area contributed by atoms with E-state index in [2.05, 4.69) is 5.32 Å². The van der Waals surface area contributed by atoms with Gasteiger partial charge in [0.05, 0.1) is 4.91 Å². The number of thiocarbonyl (C=S) groups is 1. The first-order valence-corrected chi connectivity index (χ1v) is 8.42. The average Bonchev–Trinajstić information content (AvgIpc) is 2.83. The third-order valence-electron chi connectivity index (χ3n) is 3.09. The first-order valence-electron chi connectivity index (χ1n) is 6.82. The third-order valence-corrected chi connectivity index (χ3v) is 4.49. The summed E-state index contributed by atoms with van der Waals surface area (Å²) >= 11 is 12.2. The highest BCUT2D eigenvalue weighted by molar-refractivity contribution is 8.26. The van der Waals surface area contributed by atoms with Crippen LogP contribution in [0, 0.1) is 0 Å². The molecule has 1 saturated heterocycles. The predicted octanol–water partition coefficient (Wildman–Crippen LogP) is 4.41. The van der Waals surface area contributed by atoms with Crippen molar-refractivity contribution in [1.29, 1.82) is 0 Å². The largest absolute Gasteiger partial charge is 0.489 e. The van der Waals surface area contributed by atoms with Crippen molar-refractivity contribution in [3.63, 3.8) is 0 Å². The fourth-order valence-electron chi connectivity index (χ4n) is 2.06. The van der Waals surface area contributed by atoms with E-state index in [0.29, 0.717) is 20.9 Å². The number of rotatable bonds is 4. The number of thioether (sulfide) groups is 1. The van der Waals surface area contributed by atoms with E-state index in [1.54, 1.807) is 6.08 Å². The number of benzene rings is 2. The van der Waals surface area contributed by atoms with Crippen LogP contribution in [0.15, 0.2) is 53.4 Å². The van der Waals surface area contributed by atoms with E-state index in [1.807, 2.05) is 48.5 Å². The van der Waals surface area contributed by atoms with Gasteiger partial charge in [0.25, 0.3) is 5.91 Å². The molecule has 2 aromatic rings. The molecule has 3 rings (SSSR count). The lowest BCUT2D eigenvalue weighted by atomic mass is 10.2. The first-order chi connectivity index (χ1) is 11.1. The van der Waals surface area contributed by atoms with Crippen molar-refractivity contribution >= 4 is 51.9 Å². The third kappa shape index (κ3) is 4.34. The molecular weight excluding hydrogens is 350 g/mol. The Hall–Kier alpha value is -1.82. The number of halogens is 1. The lowest BCUT2D eigenvalue weighted by Gasteiger charge is -2.07. The van der Waals surface area contributed by atoms with Crippen LogP contribution in [0.3, 0.4) is 0 Å². The minimum absolute atomic E-state index is 0.162. The minimum atomic E-state index is -0.162. The molecule has 1 aliphatic heterocycles. The molecule has 1 amide bonds. The Bertz CT molecular complexity index is 805. The summed E-state index contributed by atoms with van der Waals surface area (Å²) in [6.07, 6.45) is 1.80. The van der Waals surface area contributed by atoms with Gasteiger partial charge in [-0.1, -0.05) is 59.8 Å². The van der Waals surface area contributed by atoms with E-state index in [-0.39, 0.29) is 5.91 Å². The van der Waals surface area contributed by atoms with E-state index >= 15 is 0 Å². The summed E-state index contributed by atoms with van der Waals surface area (Å²) in [4.78, 5) is 12.3. The highest BCUT2D eigenvalue weighted by Crippen LogP contribution is 2.27. The van der Waals surface area contributed by atoms with Crippen molar-refractivity contribution in [2.45, 2.75) is 6.61 Å². The van der Waals surface area contributed by atoms with Crippen LogP contribution < -0.4 is 10.1 Å². The molecule has 6 heteroatoms. The Morgan fingerprint density at radius 2 is 2.04 bits per heavy atom. The van der Waals surface area contributed by atoms with Crippen LogP contribution in [-0.2, 0) is 11.4 Å². The van der Waals surface area contributed by atoms with E-state index < -0.39 is 0 Å². The summed E-state index contributed by atoms with van der Waals surface area (Å²) in [6, 6.07) is 15.1. The Morgan fingerprint density at radius 1 is 1.22 bits per heavy atom. The van der Waals surface area contributed by atoms with Crippen LogP contribution >= 0.6 is 35.6 Å². The summed E-state index contributed by atoms with van der Waals surface area (Å²) in [5.74, 6) is 0.565. The van der Waals surface area contributed by atoms with Crippen molar-refractivity contribution in [3.05, 3.63) is 69.6 Å². The van der Waals surface area contributed by atoms with Gasteiger partial charge in [0.1, 0.15) is 16.7 Å². The summed E-state index contributed by atoms with van der Waals surface area (Å²) in [5.41, 5.74) is 1.88. The zero-order chi connectivity index (χ0) is 16.2. The van der Waals surface area contributed by atoms with Gasteiger partial charge in [-0.25, -0.2) is 0 Å². The van der Waals surface area contributed by atoms with Crippen molar-refractivity contribution in [3.8, 4) is 5.75 Å². The van der Waals surface area contributed by atoms with E-state index in [0.717, 1.165) is 16.9 Å². The SMILES string of the molecule is O=C1NC(=S)S/C1=C\c1cccc(OCc2cccc(Cl)c2)c1. The molecule has 23 heavy (non-hydrogen) atoms. The van der Waals surface area contributed by atoms with E-state index in [1.165, 1.54) is 11.8 Å². The normalized spacial score (nSPS) is 15.8. The van der Waals surface area contributed by atoms with Crippen LogP contribution in [0.2, 0.25) is 5.02 Å². The number of hydrogen-bond acceptors (Lipinski definition) is 4. The number of ether oxygens (including phenoxy) is 1. The van der Waals surface area contributed by atoms with Gasteiger partial charge in [0.2, 0.25) is 0 Å². The molecule has 0 aromatic heterocycles. The first kappa shape index (κ1) is 16.1. The maximum Gasteiger partial charge on any atom is 0.263 e. The van der Waals surface area contributed by atoms with Gasteiger partial charge in [0, 0.05) is 5.02 Å². The van der Waals surface area contributed by atoms with Gasteiger partial charge < -0.3 is 10.1 Å². The smallest absolute Gasteiger partial charge is 0.263 e. The quantitative estimate of drug-likeness (QED) is 0.646. The molecule has 0 spiro atoms. The van der Waals surface area contributed by atoms with Crippen molar-refractivity contribution in [1.82, 2.24) is 5.32 Å². The molecule has 0 atom stereocenters. The molecule has 0 aliphatic carbocycles. The molecule has 2 aromatic carbocycles. The lowest BCUT2D eigenvalue weighted by Crippen LogP contribution is -2.17. The molecule has 1 heterocycles. The summed E-state index contributed by atoms with van der Waals surface area (Å²) in [6.45, 7) is 0.430. The van der Waals surface area contributed by atoms with Crippen LogP contribution in [0.5, 0.6) is 5.75 Å². The molecular formula is C17H12ClNO2S2. The molecule has 3 nitrogen and oxygen atoms in total. The van der Waals surface area contributed by atoms with Gasteiger partial charge in [-0.3, -0.25) is 4.79 Å². The molecule has 1 N–H and O–H groups in total. The van der Waals surface area contributed by atoms with Crippen molar-refractivity contribution < 1.29 is 9.53 Å². The molecule has 0 bridgehead atoms. The van der Waals surface area contributed by atoms with E-state index in [4.69, 9.17) is 28.6 Å². The number of nitrogens with one attached hydrogen (secondary N) is 1. The van der Waals surface area contributed by atoms with Crippen LogP contribution in [0.25, 0.3) is 6.08 Å². The Balaban J connectivity index is 1.71. The number of carbonyl (C=O) groups is 1. The van der Waals surface area contributed by atoms with Gasteiger partial charge >= 0.3 is 0 Å². The fraction of sp³-hybridized carbons (Fsp3) is 0.0588. The molecule has 0 unspecified atom stereocenters. The monoisotopic (exact) mass is 361 g/mol. The molecule has 1 aliphatic rings. The zero-order valence-electron chi connectivity index (χ0n) is 11.9. The highest BCUT2D eigenvalue weighted by atomic mass is 35.5. The number of carbonyl (C=O) groups excluding carboxylic acids is 1. The number of amides is 1. The fourth-order valence-corrected chi connectivity index (χ4v) is 3.32. The zero-order valence-corrected chi connectivity index (χ0v) is 14.3. The molecule has 116 valence electrons. The minimum Gasteiger partial charge on any atom is -0.489 e. The molecule has 1 fully saturated rings. The van der Waals surface area contributed by atoms with Crippen LogP contribution in [-0.4, -0.2) is 10.2 Å². The lowest BCUT2D eigenvalue weighted by molar-refractivity contribution is -0.115. The average molecular weight is 362 g/mol. The Labute approximate surface area is 148 Å². The predicted molar refractivity (Wildman–Crippen MR) is 98.5 cm³/mol. The second-order valence-electron chi connectivity index (χ2n) is 4.84. The molecule has 0 saturated carbocycles. The second-order valence-corrected chi connectivity index (χ2v) is 7.00. The van der Waals surface area contributed by atoms with Gasteiger partial charge in [-0.15, -0.1) is 0 Å². The van der Waals surface area contributed by atoms with Crippen molar-refractivity contribution in [2.24, 2.45) is 0 Å². The highest BCUT2D eigenvalue weighted by Gasteiger charge is 2.21. The van der Waals surface area contributed by atoms with Crippen LogP contribution in [0.4, 0.5) is 0 Å². The van der Waals surface area contributed by atoms with Gasteiger partial charge in [-0.05, 0) is 41.5 Å². The second kappa shape index (κ2) is 7.17. The summed E-state index contributed by atoms with van der Waals surface area (Å²) in [7, 11) is 0. The Morgan fingerprint density at radius 3 is 2.78 bits per heavy atom. The Kier molecular flexibility index (Phi) is 5.00. The van der Waals surface area contributed by atoms with Gasteiger partial charge in [0.15, 0.2) is 0 Å². The maximum atomic E-state index is 11.7. The molecule has 0 radical (unpaired) electrons. The maximum absolute atomic E-state index is 11.7. The summed E-state index contributed by atoms with van der Waals surface area (Å²) < 4.78 is 6.26. The van der Waals surface area contributed by atoms with E-state index in [9.17, 15) is 4.79 Å². The van der Waals surface area contributed by atoms with Gasteiger partial charge in [-0.2, -0.15) is 0 Å². The standard InChI is InChI=1S/C17H12ClNO2S2/c18-13-5-1-4-12(7-13)10-21-14-6-2-3-11(8-14)9-15-16(20)19-17(22)23-15/h1-9H,10H2,(H,19,20,22)/b15-9-. The topological polar surface area (TPSA) is 38.3 Å². The summed E-state index contributed by atoms with van der Waals surface area (Å²) in [5, 5.41) is 3.28. The van der Waals surface area contributed by atoms with Crippen molar-refractivity contribution in [2.75, 3.05) is 0 Å². The number of hydrogen-bond donors (Lipinski definition) is 1.